The third-order valence-corrected chi connectivity index (χ3v) is 5.44. The van der Waals surface area contributed by atoms with Crippen molar-refractivity contribution in [2.24, 2.45) is 0 Å². The summed E-state index contributed by atoms with van der Waals surface area (Å²) in [7, 11) is 0. The monoisotopic (exact) mass is 474 g/mol. The number of furan rings is 1. The molecule has 0 aliphatic heterocycles. The molecule has 0 fully saturated rings. The summed E-state index contributed by atoms with van der Waals surface area (Å²) in [6.45, 7) is 1.90. The van der Waals surface area contributed by atoms with Crippen molar-refractivity contribution in [1.82, 2.24) is 14.5 Å². The number of nitrogens with zero attached hydrogens (tertiary/aromatic N) is 4. The number of hydrogen-bond acceptors (Lipinski definition) is 6. The van der Waals surface area contributed by atoms with Crippen LogP contribution in [0.15, 0.2) is 88.3 Å². The molecular formula is C28H18N4O4. The molecule has 0 aliphatic carbocycles. The van der Waals surface area contributed by atoms with Crippen LogP contribution in [0, 0.1) is 28.9 Å². The summed E-state index contributed by atoms with van der Waals surface area (Å²) in [6, 6.07) is 19.1. The number of fused-ring (bicyclic) bond motifs is 1. The van der Waals surface area contributed by atoms with E-state index in [0.29, 0.717) is 22.4 Å². The third kappa shape index (κ3) is 4.54. The number of hydrogen-bond donors (Lipinski definition) is 0. The Morgan fingerprint density at radius 3 is 2.58 bits per heavy atom. The van der Waals surface area contributed by atoms with Crippen LogP contribution in [0.2, 0.25) is 0 Å². The molecule has 174 valence electrons. The highest BCUT2D eigenvalue weighted by atomic mass is 16.6. The van der Waals surface area contributed by atoms with Gasteiger partial charge in [-0.25, -0.2) is 4.98 Å². The average molecular weight is 474 g/mol. The highest BCUT2D eigenvalue weighted by Gasteiger charge is 2.14. The Bertz CT molecular complexity index is 1760. The number of aryl methyl sites for hydroxylation is 1. The molecule has 36 heavy (non-hydrogen) atoms. The Balaban J connectivity index is 1.60. The first kappa shape index (κ1) is 22.5. The Hall–Kier alpha value is -5.29. The van der Waals surface area contributed by atoms with Crippen LogP contribution in [0.5, 0.6) is 0 Å². The molecule has 5 rings (SSSR count). The zero-order valence-corrected chi connectivity index (χ0v) is 19.1. The molecule has 8 heteroatoms. The van der Waals surface area contributed by atoms with Crippen LogP contribution in [0.3, 0.4) is 0 Å². The Labute approximate surface area is 205 Å². The van der Waals surface area contributed by atoms with Gasteiger partial charge in [0.25, 0.3) is 5.56 Å². The van der Waals surface area contributed by atoms with Crippen LogP contribution in [-0.2, 0) is 0 Å². The van der Waals surface area contributed by atoms with Gasteiger partial charge in [0.15, 0.2) is 0 Å². The normalized spacial score (nSPS) is 10.9. The van der Waals surface area contributed by atoms with Gasteiger partial charge in [0, 0.05) is 23.5 Å². The van der Waals surface area contributed by atoms with Crippen LogP contribution >= 0.6 is 0 Å². The topological polar surface area (TPSA) is 104 Å². The number of pyridine rings is 1. The maximum Gasteiger partial charge on any atom is 0.433 e. The third-order valence-electron chi connectivity index (χ3n) is 5.44. The van der Waals surface area contributed by atoms with Gasteiger partial charge in [-0.3, -0.25) is 24.5 Å². The second-order valence-electron chi connectivity index (χ2n) is 7.89. The Morgan fingerprint density at radius 2 is 1.83 bits per heavy atom. The molecule has 5 aromatic rings. The van der Waals surface area contributed by atoms with E-state index in [1.54, 1.807) is 42.7 Å². The molecule has 0 bridgehead atoms. The van der Waals surface area contributed by atoms with E-state index >= 15 is 0 Å². The van der Waals surface area contributed by atoms with E-state index in [-0.39, 0.29) is 17.2 Å². The summed E-state index contributed by atoms with van der Waals surface area (Å²) < 4.78 is 6.73. The summed E-state index contributed by atoms with van der Waals surface area (Å²) in [4.78, 5) is 32.6. The van der Waals surface area contributed by atoms with Crippen molar-refractivity contribution in [3.63, 3.8) is 0 Å². The fourth-order valence-electron chi connectivity index (χ4n) is 3.75. The van der Waals surface area contributed by atoms with E-state index in [4.69, 9.17) is 4.42 Å². The SMILES string of the molecule is Cc1cc(C#Cc2cccnc2)ccc1-n1c(/C=C/c2ccc([N+](=O)[O-])o2)nc2ccccc2c1=O. The summed E-state index contributed by atoms with van der Waals surface area (Å²) in [5.74, 6) is 6.47. The lowest BCUT2D eigenvalue weighted by molar-refractivity contribution is -0.402. The smallest absolute Gasteiger partial charge is 0.401 e. The predicted molar refractivity (Wildman–Crippen MR) is 137 cm³/mol. The van der Waals surface area contributed by atoms with Gasteiger partial charge in [-0.2, -0.15) is 0 Å². The second kappa shape index (κ2) is 9.52. The highest BCUT2D eigenvalue weighted by molar-refractivity contribution is 5.80. The molecule has 0 aliphatic rings. The lowest BCUT2D eigenvalue weighted by Gasteiger charge is -2.14. The molecule has 0 spiro atoms. The van der Waals surface area contributed by atoms with Crippen LogP contribution in [-0.4, -0.2) is 19.5 Å². The lowest BCUT2D eigenvalue weighted by Crippen LogP contribution is -2.23. The number of nitro groups is 1. The minimum absolute atomic E-state index is 0.233. The summed E-state index contributed by atoms with van der Waals surface area (Å²) in [5.41, 5.74) is 3.38. The molecule has 0 saturated carbocycles. The first-order valence-electron chi connectivity index (χ1n) is 11.0. The van der Waals surface area contributed by atoms with Crippen LogP contribution in [0.25, 0.3) is 28.7 Å². The number of aromatic nitrogens is 3. The summed E-state index contributed by atoms with van der Waals surface area (Å²) >= 11 is 0. The maximum atomic E-state index is 13.5. The lowest BCUT2D eigenvalue weighted by atomic mass is 10.1. The quantitative estimate of drug-likeness (QED) is 0.202. The van der Waals surface area contributed by atoms with Crippen molar-refractivity contribution in [3.05, 3.63) is 128 Å². The Morgan fingerprint density at radius 1 is 1.00 bits per heavy atom. The first-order valence-corrected chi connectivity index (χ1v) is 11.0. The van der Waals surface area contributed by atoms with E-state index in [1.165, 1.54) is 16.7 Å². The summed E-state index contributed by atoms with van der Waals surface area (Å²) in [6.07, 6.45) is 6.54. The highest BCUT2D eigenvalue weighted by Crippen LogP contribution is 2.21. The molecule has 3 aromatic heterocycles. The van der Waals surface area contributed by atoms with Crippen LogP contribution in [0.1, 0.15) is 28.3 Å². The molecule has 0 unspecified atom stereocenters. The molecule has 0 amide bonds. The van der Waals surface area contributed by atoms with E-state index in [2.05, 4.69) is 21.8 Å². The molecule has 0 N–H and O–H groups in total. The van der Waals surface area contributed by atoms with E-state index < -0.39 is 4.92 Å². The molecular weight excluding hydrogens is 456 g/mol. The minimum Gasteiger partial charge on any atom is -0.401 e. The standard InChI is InChI=1S/C28H18N4O4/c1-19-17-20(8-9-21-5-4-16-29-18-21)10-13-25(19)31-26(14-11-22-12-15-27(36-22)32(34)35)30-24-7-3-2-6-23(24)28(31)33/h2-7,10-18H,1H3/b14-11+. The Kier molecular flexibility index (Phi) is 5.95. The van der Waals surface area contributed by atoms with Crippen molar-refractivity contribution in [3.8, 4) is 17.5 Å². The number of benzene rings is 2. The number of para-hydroxylation sites is 1. The largest absolute Gasteiger partial charge is 0.433 e. The van der Waals surface area contributed by atoms with Crippen LogP contribution in [0.4, 0.5) is 5.88 Å². The first-order chi connectivity index (χ1) is 17.5. The van der Waals surface area contributed by atoms with Crippen molar-refractivity contribution in [2.45, 2.75) is 6.92 Å². The van der Waals surface area contributed by atoms with Crippen LogP contribution < -0.4 is 5.56 Å². The molecule has 3 heterocycles. The fourth-order valence-corrected chi connectivity index (χ4v) is 3.75. The van der Waals surface area contributed by atoms with Gasteiger partial charge < -0.3 is 4.42 Å². The van der Waals surface area contributed by atoms with E-state index in [1.807, 2.05) is 43.3 Å². The second-order valence-corrected chi connectivity index (χ2v) is 7.89. The molecule has 2 aromatic carbocycles. The van der Waals surface area contributed by atoms with Gasteiger partial charge in [-0.15, -0.1) is 0 Å². The average Bonchev–Trinajstić information content (AvgIpc) is 3.37. The van der Waals surface area contributed by atoms with Gasteiger partial charge in [-0.1, -0.05) is 24.0 Å². The van der Waals surface area contributed by atoms with Crippen molar-refractivity contribution >= 4 is 28.9 Å². The molecule has 0 atom stereocenters. The molecule has 0 radical (unpaired) electrons. The zero-order chi connectivity index (χ0) is 25.1. The van der Waals surface area contributed by atoms with Gasteiger partial charge in [0.05, 0.1) is 22.7 Å². The number of rotatable bonds is 4. The van der Waals surface area contributed by atoms with Gasteiger partial charge >= 0.3 is 5.88 Å². The van der Waals surface area contributed by atoms with E-state index in [0.717, 1.165) is 16.7 Å². The molecule has 8 nitrogen and oxygen atoms in total. The zero-order valence-electron chi connectivity index (χ0n) is 19.1. The predicted octanol–water partition coefficient (Wildman–Crippen LogP) is 5.16. The van der Waals surface area contributed by atoms with Gasteiger partial charge in [0.1, 0.15) is 16.5 Å². The molecule has 0 saturated heterocycles. The summed E-state index contributed by atoms with van der Waals surface area (Å²) in [5, 5.41) is 11.4. The van der Waals surface area contributed by atoms with Gasteiger partial charge in [0.2, 0.25) is 0 Å². The minimum atomic E-state index is -0.607. The van der Waals surface area contributed by atoms with Crippen molar-refractivity contribution < 1.29 is 9.34 Å². The fraction of sp³-hybridized carbons (Fsp3) is 0.0357. The van der Waals surface area contributed by atoms with Crippen molar-refractivity contribution in [1.29, 1.82) is 0 Å². The van der Waals surface area contributed by atoms with E-state index in [9.17, 15) is 14.9 Å². The maximum absolute atomic E-state index is 13.5. The van der Waals surface area contributed by atoms with Crippen molar-refractivity contribution in [2.75, 3.05) is 0 Å². The van der Waals surface area contributed by atoms with Gasteiger partial charge in [-0.05, 0) is 73.2 Å².